The molecule has 2 rings (SSSR count). The van der Waals surface area contributed by atoms with Crippen molar-refractivity contribution in [2.24, 2.45) is 10.9 Å². The summed E-state index contributed by atoms with van der Waals surface area (Å²) in [4.78, 5) is 18.6. The Labute approximate surface area is 163 Å². The molecule has 1 aromatic carbocycles. The van der Waals surface area contributed by atoms with Gasteiger partial charge in [0.15, 0.2) is 5.96 Å². The number of guanidine groups is 1. The Bertz CT molecular complexity index is 608. The van der Waals surface area contributed by atoms with Crippen LogP contribution in [-0.2, 0) is 16.0 Å². The average Bonchev–Trinajstić information content (AvgIpc) is 2.69. The summed E-state index contributed by atoms with van der Waals surface area (Å²) in [5, 5.41) is 6.30. The summed E-state index contributed by atoms with van der Waals surface area (Å²) >= 11 is 0. The molecule has 0 radical (unpaired) electrons. The molecule has 150 valence electrons. The number of nitrogens with one attached hydrogen (secondary N) is 2. The zero-order valence-corrected chi connectivity index (χ0v) is 17.1. The van der Waals surface area contributed by atoms with Crippen LogP contribution < -0.4 is 10.6 Å². The van der Waals surface area contributed by atoms with Crippen LogP contribution in [-0.4, -0.2) is 62.7 Å². The third kappa shape index (κ3) is 7.21. The van der Waals surface area contributed by atoms with E-state index in [0.717, 1.165) is 32.4 Å². The van der Waals surface area contributed by atoms with Crippen molar-refractivity contribution in [1.29, 1.82) is 0 Å². The van der Waals surface area contributed by atoms with Gasteiger partial charge < -0.3 is 20.3 Å². The number of aliphatic imine (C=N–C) groups is 1. The molecule has 0 spiro atoms. The van der Waals surface area contributed by atoms with E-state index in [-0.39, 0.29) is 18.1 Å². The second kappa shape index (κ2) is 10.3. The van der Waals surface area contributed by atoms with Crippen LogP contribution in [0.15, 0.2) is 35.3 Å². The van der Waals surface area contributed by atoms with E-state index in [1.807, 2.05) is 18.7 Å². The number of amides is 1. The first-order chi connectivity index (χ1) is 12.9. The molecule has 0 saturated carbocycles. The van der Waals surface area contributed by atoms with Crippen molar-refractivity contribution in [3.05, 3.63) is 35.9 Å². The Kier molecular flexibility index (Phi) is 8.10. The topological polar surface area (TPSA) is 66.0 Å². The molecule has 6 nitrogen and oxygen atoms in total. The Hall–Kier alpha value is -2.08. The molecule has 1 fully saturated rings. The molecule has 0 atom stereocenters. The minimum absolute atomic E-state index is 0.127. The highest BCUT2D eigenvalue weighted by Crippen LogP contribution is 2.21. The highest BCUT2D eigenvalue weighted by atomic mass is 16.5. The second-order valence-electron chi connectivity index (χ2n) is 7.76. The summed E-state index contributed by atoms with van der Waals surface area (Å²) in [6.45, 7) is 6.54. The molecule has 2 N–H and O–H groups in total. The van der Waals surface area contributed by atoms with Crippen LogP contribution in [0.1, 0.15) is 32.3 Å². The van der Waals surface area contributed by atoms with Gasteiger partial charge in [-0.05, 0) is 44.6 Å². The lowest BCUT2D eigenvalue weighted by atomic mass is 9.90. The van der Waals surface area contributed by atoms with E-state index < -0.39 is 0 Å². The smallest absolute Gasteiger partial charge is 0.241 e. The second-order valence-corrected chi connectivity index (χ2v) is 7.76. The lowest BCUT2D eigenvalue weighted by Gasteiger charge is -2.32. The van der Waals surface area contributed by atoms with Gasteiger partial charge in [0.1, 0.15) is 0 Å². The van der Waals surface area contributed by atoms with Crippen LogP contribution in [0, 0.1) is 5.92 Å². The van der Waals surface area contributed by atoms with Gasteiger partial charge in [0.25, 0.3) is 0 Å². The SMILES string of the molecule is CN=C(NCC(=O)N1CCC(Cc2ccccc2)CC1)NCC(C)(C)OC. The first-order valence-corrected chi connectivity index (χ1v) is 9.75. The molecule has 0 aromatic heterocycles. The first kappa shape index (κ1) is 21.2. The number of rotatable bonds is 7. The molecule has 6 heteroatoms. The summed E-state index contributed by atoms with van der Waals surface area (Å²) < 4.78 is 5.39. The number of carbonyl (C=O) groups is 1. The lowest BCUT2D eigenvalue weighted by Crippen LogP contribution is -2.49. The van der Waals surface area contributed by atoms with Crippen molar-refractivity contribution in [1.82, 2.24) is 15.5 Å². The molecule has 1 aliphatic heterocycles. The van der Waals surface area contributed by atoms with E-state index in [0.29, 0.717) is 18.4 Å². The molecule has 0 unspecified atom stereocenters. The standard InChI is InChI=1S/C21H34N4O2/c1-21(2,27-4)16-24-20(22-3)23-15-19(26)25-12-10-18(11-13-25)14-17-8-6-5-7-9-17/h5-9,18H,10-16H2,1-4H3,(H2,22,23,24). The highest BCUT2D eigenvalue weighted by molar-refractivity contribution is 5.86. The fraction of sp³-hybridized carbons (Fsp3) is 0.619. The Morgan fingerprint density at radius 3 is 2.48 bits per heavy atom. The third-order valence-corrected chi connectivity index (χ3v) is 5.20. The van der Waals surface area contributed by atoms with Crippen molar-refractivity contribution in [2.45, 2.75) is 38.7 Å². The summed E-state index contributed by atoms with van der Waals surface area (Å²) in [6.07, 6.45) is 3.23. The number of carbonyl (C=O) groups excluding carboxylic acids is 1. The highest BCUT2D eigenvalue weighted by Gasteiger charge is 2.23. The van der Waals surface area contributed by atoms with Crippen LogP contribution in [0.5, 0.6) is 0 Å². The van der Waals surface area contributed by atoms with Crippen molar-refractivity contribution in [3.8, 4) is 0 Å². The minimum Gasteiger partial charge on any atom is -0.377 e. The van der Waals surface area contributed by atoms with Gasteiger partial charge in [-0.3, -0.25) is 9.79 Å². The third-order valence-electron chi connectivity index (χ3n) is 5.20. The normalized spacial score (nSPS) is 16.3. The number of hydrogen-bond donors (Lipinski definition) is 2. The van der Waals surface area contributed by atoms with Crippen LogP contribution in [0.2, 0.25) is 0 Å². The maximum absolute atomic E-state index is 12.5. The maximum Gasteiger partial charge on any atom is 0.241 e. The number of benzene rings is 1. The van der Waals surface area contributed by atoms with Gasteiger partial charge >= 0.3 is 0 Å². The molecule has 1 aliphatic rings. The number of piperidine rings is 1. The summed E-state index contributed by atoms with van der Waals surface area (Å²) in [6, 6.07) is 10.6. The number of hydrogen-bond acceptors (Lipinski definition) is 3. The average molecular weight is 375 g/mol. The molecular formula is C21H34N4O2. The van der Waals surface area contributed by atoms with Gasteiger partial charge in [0.2, 0.25) is 5.91 Å². The summed E-state index contributed by atoms with van der Waals surface area (Å²) in [5.74, 6) is 1.41. The zero-order chi connectivity index (χ0) is 19.7. The van der Waals surface area contributed by atoms with Crippen molar-refractivity contribution in [2.75, 3.05) is 40.3 Å². The predicted molar refractivity (Wildman–Crippen MR) is 110 cm³/mol. The monoisotopic (exact) mass is 374 g/mol. The Morgan fingerprint density at radius 2 is 1.89 bits per heavy atom. The quantitative estimate of drug-likeness (QED) is 0.566. The summed E-state index contributed by atoms with van der Waals surface area (Å²) in [7, 11) is 3.39. The fourth-order valence-electron chi connectivity index (χ4n) is 3.19. The first-order valence-electron chi connectivity index (χ1n) is 9.75. The van der Waals surface area contributed by atoms with E-state index in [9.17, 15) is 4.79 Å². The predicted octanol–water partition coefficient (Wildman–Crippen LogP) is 2.06. The fourth-order valence-corrected chi connectivity index (χ4v) is 3.19. The van der Waals surface area contributed by atoms with Gasteiger partial charge in [-0.1, -0.05) is 30.3 Å². The van der Waals surface area contributed by atoms with Gasteiger partial charge in [-0.2, -0.15) is 0 Å². The van der Waals surface area contributed by atoms with Gasteiger partial charge in [0.05, 0.1) is 12.1 Å². The molecule has 1 aromatic rings. The van der Waals surface area contributed by atoms with Crippen LogP contribution in [0.25, 0.3) is 0 Å². The molecule has 1 amide bonds. The molecular weight excluding hydrogens is 340 g/mol. The largest absolute Gasteiger partial charge is 0.377 e. The molecule has 1 saturated heterocycles. The van der Waals surface area contributed by atoms with Gasteiger partial charge in [0, 0.05) is 33.8 Å². The van der Waals surface area contributed by atoms with E-state index in [2.05, 4.69) is 46.0 Å². The van der Waals surface area contributed by atoms with E-state index in [1.54, 1.807) is 14.2 Å². The molecule has 27 heavy (non-hydrogen) atoms. The maximum atomic E-state index is 12.5. The van der Waals surface area contributed by atoms with E-state index in [1.165, 1.54) is 5.56 Å². The Morgan fingerprint density at radius 1 is 1.22 bits per heavy atom. The molecule has 0 bridgehead atoms. The molecule has 1 heterocycles. The van der Waals surface area contributed by atoms with E-state index >= 15 is 0 Å². The molecule has 0 aliphatic carbocycles. The number of likely N-dealkylation sites (tertiary alicyclic amines) is 1. The van der Waals surface area contributed by atoms with Crippen LogP contribution >= 0.6 is 0 Å². The van der Waals surface area contributed by atoms with Crippen LogP contribution in [0.3, 0.4) is 0 Å². The van der Waals surface area contributed by atoms with Crippen LogP contribution in [0.4, 0.5) is 0 Å². The number of methoxy groups -OCH3 is 1. The number of ether oxygens (including phenoxy) is 1. The zero-order valence-electron chi connectivity index (χ0n) is 17.1. The van der Waals surface area contributed by atoms with Crippen molar-refractivity contribution >= 4 is 11.9 Å². The minimum atomic E-state index is -0.289. The van der Waals surface area contributed by atoms with E-state index in [4.69, 9.17) is 4.74 Å². The van der Waals surface area contributed by atoms with Crippen molar-refractivity contribution in [3.63, 3.8) is 0 Å². The lowest BCUT2D eigenvalue weighted by molar-refractivity contribution is -0.131. The number of nitrogens with zero attached hydrogens (tertiary/aromatic N) is 2. The van der Waals surface area contributed by atoms with Gasteiger partial charge in [-0.25, -0.2) is 0 Å². The Balaban J connectivity index is 1.70. The summed E-state index contributed by atoms with van der Waals surface area (Å²) in [5.41, 5.74) is 1.10. The van der Waals surface area contributed by atoms with Crippen molar-refractivity contribution < 1.29 is 9.53 Å². The van der Waals surface area contributed by atoms with Gasteiger partial charge in [-0.15, -0.1) is 0 Å².